The van der Waals surface area contributed by atoms with E-state index >= 15 is 0 Å². The minimum absolute atomic E-state index is 0.00531. The largest absolute Gasteiger partial charge is 0.354 e. The second-order valence-electron chi connectivity index (χ2n) is 6.04. The molecule has 1 fully saturated rings. The van der Waals surface area contributed by atoms with Crippen LogP contribution in [0.3, 0.4) is 0 Å². The molecule has 6 nitrogen and oxygen atoms in total. The first-order chi connectivity index (χ1) is 10.3. The van der Waals surface area contributed by atoms with Crippen molar-refractivity contribution in [2.75, 3.05) is 13.1 Å². The third-order valence-electron chi connectivity index (χ3n) is 4.46. The highest BCUT2D eigenvalue weighted by Gasteiger charge is 2.20. The van der Waals surface area contributed by atoms with Gasteiger partial charge in [0.1, 0.15) is 11.6 Å². The van der Waals surface area contributed by atoms with Gasteiger partial charge in [-0.25, -0.2) is 0 Å². The van der Waals surface area contributed by atoms with Crippen molar-refractivity contribution in [1.29, 1.82) is 0 Å². The molecule has 2 aliphatic heterocycles. The number of fused-ring (bicyclic) bond motifs is 1. The van der Waals surface area contributed by atoms with Crippen molar-refractivity contribution >= 4 is 5.91 Å². The van der Waals surface area contributed by atoms with E-state index in [-0.39, 0.29) is 11.9 Å². The fraction of sp³-hybridized carbons (Fsp3) is 0.800. The summed E-state index contributed by atoms with van der Waals surface area (Å²) in [5.41, 5.74) is 0. The van der Waals surface area contributed by atoms with Gasteiger partial charge in [0, 0.05) is 25.9 Å². The van der Waals surface area contributed by atoms with Crippen LogP contribution in [0.15, 0.2) is 0 Å². The number of rotatable bonds is 4. The van der Waals surface area contributed by atoms with Crippen LogP contribution in [0.5, 0.6) is 0 Å². The van der Waals surface area contributed by atoms with Crippen molar-refractivity contribution in [3.8, 4) is 0 Å². The lowest BCUT2D eigenvalue weighted by Gasteiger charge is -2.22. The average molecular weight is 291 g/mol. The lowest BCUT2D eigenvalue weighted by Crippen LogP contribution is -2.47. The highest BCUT2D eigenvalue weighted by atomic mass is 16.2. The van der Waals surface area contributed by atoms with E-state index in [0.29, 0.717) is 6.54 Å². The maximum atomic E-state index is 12.1. The van der Waals surface area contributed by atoms with Crippen molar-refractivity contribution in [2.45, 2.75) is 64.0 Å². The third kappa shape index (κ3) is 3.61. The minimum Gasteiger partial charge on any atom is -0.354 e. The number of hydrogen-bond acceptors (Lipinski definition) is 4. The molecule has 0 spiro atoms. The summed E-state index contributed by atoms with van der Waals surface area (Å²) in [6, 6.07) is -0.00531. The molecule has 3 rings (SSSR count). The molecule has 0 bridgehead atoms. The molecule has 2 aliphatic rings. The highest BCUT2D eigenvalue weighted by molar-refractivity contribution is 5.81. The first-order valence-electron chi connectivity index (χ1n) is 8.26. The van der Waals surface area contributed by atoms with Crippen LogP contribution in [0.2, 0.25) is 0 Å². The van der Waals surface area contributed by atoms with Crippen molar-refractivity contribution < 1.29 is 4.79 Å². The number of carbonyl (C=O) groups excluding carboxylic acids is 1. The Bertz CT molecular complexity index is 478. The summed E-state index contributed by atoms with van der Waals surface area (Å²) < 4.78 is 2.25. The summed E-state index contributed by atoms with van der Waals surface area (Å²) in [4.78, 5) is 12.1. The molecule has 21 heavy (non-hydrogen) atoms. The number of carbonyl (C=O) groups is 1. The van der Waals surface area contributed by atoms with Gasteiger partial charge in [0.15, 0.2) is 0 Å². The van der Waals surface area contributed by atoms with Crippen LogP contribution in [0.1, 0.15) is 50.2 Å². The summed E-state index contributed by atoms with van der Waals surface area (Å²) in [5.74, 6) is 2.26. The molecular weight excluding hydrogens is 266 g/mol. The topological polar surface area (TPSA) is 71.8 Å². The lowest BCUT2D eigenvalue weighted by atomic mass is 10.0. The molecule has 1 aromatic heterocycles. The fourth-order valence-electron chi connectivity index (χ4n) is 3.23. The van der Waals surface area contributed by atoms with E-state index in [0.717, 1.165) is 50.4 Å². The molecule has 0 aromatic carbocycles. The zero-order valence-corrected chi connectivity index (χ0v) is 12.6. The van der Waals surface area contributed by atoms with Crippen LogP contribution in [-0.2, 0) is 24.2 Å². The van der Waals surface area contributed by atoms with Gasteiger partial charge >= 0.3 is 0 Å². The third-order valence-corrected chi connectivity index (χ3v) is 4.46. The summed E-state index contributed by atoms with van der Waals surface area (Å²) in [6.07, 6.45) is 8.76. The van der Waals surface area contributed by atoms with Gasteiger partial charge in [0.2, 0.25) is 5.91 Å². The number of hydrogen-bond donors (Lipinski definition) is 2. The van der Waals surface area contributed by atoms with E-state index < -0.39 is 0 Å². The van der Waals surface area contributed by atoms with Crippen molar-refractivity contribution in [2.24, 2.45) is 0 Å². The molecular formula is C15H25N5O. The van der Waals surface area contributed by atoms with Crippen molar-refractivity contribution in [3.63, 3.8) is 0 Å². The van der Waals surface area contributed by atoms with E-state index in [2.05, 4.69) is 25.4 Å². The van der Waals surface area contributed by atoms with E-state index in [1.165, 1.54) is 25.7 Å². The Morgan fingerprint density at radius 1 is 1.24 bits per heavy atom. The molecule has 1 aromatic rings. The smallest absolute Gasteiger partial charge is 0.237 e. The van der Waals surface area contributed by atoms with Gasteiger partial charge in [-0.2, -0.15) is 0 Å². The Kier molecular flexibility index (Phi) is 4.85. The second-order valence-corrected chi connectivity index (χ2v) is 6.04. The highest BCUT2D eigenvalue weighted by Crippen LogP contribution is 2.14. The predicted octanol–water partition coefficient (Wildman–Crippen LogP) is 0.805. The van der Waals surface area contributed by atoms with Gasteiger partial charge in [0.05, 0.1) is 6.04 Å². The minimum atomic E-state index is -0.00531. The maximum Gasteiger partial charge on any atom is 0.237 e. The zero-order chi connectivity index (χ0) is 14.5. The summed E-state index contributed by atoms with van der Waals surface area (Å²) >= 11 is 0. The molecule has 1 amide bonds. The van der Waals surface area contributed by atoms with Crippen LogP contribution in [-0.4, -0.2) is 39.8 Å². The van der Waals surface area contributed by atoms with Gasteiger partial charge < -0.3 is 15.2 Å². The molecule has 3 heterocycles. The Labute approximate surface area is 125 Å². The average Bonchev–Trinajstić information content (AvgIpc) is 2.76. The standard InChI is InChI=1S/C15H25N5O/c21-15(12-6-3-4-9-16-12)17-10-8-14-19-18-13-7-2-1-5-11-20(13)14/h12,16H,1-11H2,(H,17,21)/t12-/m1/s1. The fourth-order valence-corrected chi connectivity index (χ4v) is 3.23. The molecule has 0 radical (unpaired) electrons. The van der Waals surface area contributed by atoms with Gasteiger partial charge in [-0.15, -0.1) is 10.2 Å². The molecule has 0 saturated carbocycles. The maximum absolute atomic E-state index is 12.1. The van der Waals surface area contributed by atoms with E-state index in [4.69, 9.17) is 0 Å². The number of aryl methyl sites for hydroxylation is 1. The monoisotopic (exact) mass is 291 g/mol. The number of nitrogens with zero attached hydrogens (tertiary/aromatic N) is 3. The van der Waals surface area contributed by atoms with Crippen molar-refractivity contribution in [1.82, 2.24) is 25.4 Å². The summed E-state index contributed by atoms with van der Waals surface area (Å²) in [5, 5.41) is 14.9. The lowest BCUT2D eigenvalue weighted by molar-refractivity contribution is -0.123. The molecule has 6 heteroatoms. The van der Waals surface area contributed by atoms with Gasteiger partial charge in [-0.1, -0.05) is 12.8 Å². The normalized spacial score (nSPS) is 22.4. The first kappa shape index (κ1) is 14.5. The van der Waals surface area contributed by atoms with E-state index in [1.54, 1.807) is 0 Å². The molecule has 2 N–H and O–H groups in total. The Hall–Kier alpha value is -1.43. The van der Waals surface area contributed by atoms with Crippen LogP contribution in [0, 0.1) is 0 Å². The van der Waals surface area contributed by atoms with Gasteiger partial charge in [-0.05, 0) is 32.2 Å². The Morgan fingerprint density at radius 3 is 3.05 bits per heavy atom. The molecule has 0 aliphatic carbocycles. The first-order valence-corrected chi connectivity index (χ1v) is 8.26. The van der Waals surface area contributed by atoms with E-state index in [1.807, 2.05) is 0 Å². The van der Waals surface area contributed by atoms with Crippen LogP contribution in [0.4, 0.5) is 0 Å². The zero-order valence-electron chi connectivity index (χ0n) is 12.6. The Morgan fingerprint density at radius 2 is 2.19 bits per heavy atom. The number of aromatic nitrogens is 3. The predicted molar refractivity (Wildman–Crippen MR) is 79.9 cm³/mol. The Balaban J connectivity index is 1.49. The molecule has 116 valence electrons. The molecule has 1 atom stereocenters. The van der Waals surface area contributed by atoms with E-state index in [9.17, 15) is 4.79 Å². The number of piperidine rings is 1. The SMILES string of the molecule is O=C(NCCc1nnc2n1CCCCC2)[C@H]1CCCCN1. The number of amides is 1. The summed E-state index contributed by atoms with van der Waals surface area (Å²) in [7, 11) is 0. The van der Waals surface area contributed by atoms with Crippen LogP contribution >= 0.6 is 0 Å². The van der Waals surface area contributed by atoms with Crippen LogP contribution < -0.4 is 10.6 Å². The molecule has 1 saturated heterocycles. The summed E-state index contributed by atoms with van der Waals surface area (Å²) in [6.45, 7) is 2.63. The van der Waals surface area contributed by atoms with Crippen LogP contribution in [0.25, 0.3) is 0 Å². The second kappa shape index (κ2) is 7.02. The van der Waals surface area contributed by atoms with Gasteiger partial charge in [0.25, 0.3) is 0 Å². The van der Waals surface area contributed by atoms with Crippen molar-refractivity contribution in [3.05, 3.63) is 11.6 Å². The quantitative estimate of drug-likeness (QED) is 0.861. The van der Waals surface area contributed by atoms with Gasteiger partial charge in [-0.3, -0.25) is 4.79 Å². The number of nitrogens with one attached hydrogen (secondary N) is 2. The molecule has 0 unspecified atom stereocenters.